The zero-order valence-electron chi connectivity index (χ0n) is 21.2. The lowest BCUT2D eigenvalue weighted by Gasteiger charge is -2.16. The van der Waals surface area contributed by atoms with Gasteiger partial charge in [0.2, 0.25) is 0 Å². The lowest BCUT2D eigenvalue weighted by Crippen LogP contribution is -2.23. The zero-order valence-corrected chi connectivity index (χ0v) is 23.6. The molecule has 0 aliphatic heterocycles. The number of benzene rings is 3. The summed E-state index contributed by atoms with van der Waals surface area (Å²) in [5.74, 6) is 0.229. The van der Waals surface area contributed by atoms with E-state index in [2.05, 4.69) is 40.3 Å². The Morgan fingerprint density at radius 3 is 2.52 bits per heavy atom. The maximum atomic E-state index is 12.5. The molecule has 0 radical (unpaired) electrons. The summed E-state index contributed by atoms with van der Waals surface area (Å²) in [5.41, 5.74) is 7.73. The van der Waals surface area contributed by atoms with Gasteiger partial charge in [0.05, 0.1) is 12.1 Å². The first kappa shape index (κ1) is 27.8. The van der Waals surface area contributed by atoms with Gasteiger partial charge in [-0.3, -0.25) is 4.72 Å². The maximum Gasteiger partial charge on any atom is 0.573 e. The third-order valence-corrected chi connectivity index (χ3v) is 7.24. The fourth-order valence-electron chi connectivity index (χ4n) is 4.58. The van der Waals surface area contributed by atoms with E-state index in [4.69, 9.17) is 4.52 Å². The van der Waals surface area contributed by atoms with Crippen LogP contribution in [0.3, 0.4) is 0 Å². The minimum Gasteiger partial charge on any atom is -0.406 e. The number of aromatic nitrogens is 1. The van der Waals surface area contributed by atoms with E-state index in [1.807, 2.05) is 44.2 Å². The highest BCUT2D eigenvalue weighted by molar-refractivity contribution is 9.10. The van der Waals surface area contributed by atoms with Crippen LogP contribution in [0.5, 0.6) is 5.75 Å². The van der Waals surface area contributed by atoms with Crippen molar-refractivity contribution in [3.8, 4) is 28.3 Å². The van der Waals surface area contributed by atoms with Crippen LogP contribution in [-0.2, 0) is 12.8 Å². The van der Waals surface area contributed by atoms with Crippen molar-refractivity contribution in [1.29, 1.82) is 0 Å². The van der Waals surface area contributed by atoms with Crippen LogP contribution >= 0.6 is 28.1 Å². The molecule has 1 aliphatic rings. The summed E-state index contributed by atoms with van der Waals surface area (Å²) in [5, 5.41) is 7.10. The number of hydrogen-bond donors (Lipinski definition) is 2. The molecule has 1 aliphatic carbocycles. The van der Waals surface area contributed by atoms with Crippen molar-refractivity contribution < 1.29 is 27.2 Å². The topological polar surface area (TPSA) is 88.8 Å². The Kier molecular flexibility index (Phi) is 7.90. The van der Waals surface area contributed by atoms with Crippen LogP contribution in [-0.4, -0.2) is 23.8 Å². The molecule has 0 bridgehead atoms. The van der Waals surface area contributed by atoms with Crippen molar-refractivity contribution in [2.75, 3.05) is 5.32 Å². The van der Waals surface area contributed by atoms with Gasteiger partial charge in [-0.25, -0.2) is 9.19 Å². The number of carbonyl (C=O) groups excluding carboxylic acids is 1. The van der Waals surface area contributed by atoms with Crippen LogP contribution in [0.1, 0.15) is 27.8 Å². The first-order valence-corrected chi connectivity index (χ1v) is 13.6. The second-order valence-corrected chi connectivity index (χ2v) is 10.6. The molecule has 0 fully saturated rings. The number of ether oxygens (including phenoxy) is 1. The van der Waals surface area contributed by atoms with Crippen LogP contribution in [0.15, 0.2) is 68.0 Å². The quantitative estimate of drug-likeness (QED) is 0.166. The highest BCUT2D eigenvalue weighted by atomic mass is 79.9. The second kappa shape index (κ2) is 11.4. The number of anilines is 1. The average Bonchev–Trinajstić information content (AvgIpc) is 3.33. The van der Waals surface area contributed by atoms with Crippen molar-refractivity contribution in [2.45, 2.75) is 33.1 Å². The second-order valence-electron chi connectivity index (χ2n) is 9.12. The molecule has 3 aromatic carbocycles. The zero-order chi connectivity index (χ0) is 28.4. The SMILES string of the molecule is Cc1cc(Br)cc(C)c1NC(=O)NS/N=C/c1ccc2c(c1)CCc1c-2noc1-c1ccc(OC(F)(F)F)cc1. The normalized spacial score (nSPS) is 12.7. The molecule has 5 rings (SSSR count). The lowest BCUT2D eigenvalue weighted by atomic mass is 9.87. The highest BCUT2D eigenvalue weighted by Gasteiger charge is 2.31. The molecule has 1 heterocycles. The van der Waals surface area contributed by atoms with Gasteiger partial charge in [-0.05, 0) is 91.4 Å². The van der Waals surface area contributed by atoms with E-state index in [1.54, 1.807) is 6.21 Å². The van der Waals surface area contributed by atoms with Crippen molar-refractivity contribution in [3.05, 3.63) is 86.9 Å². The van der Waals surface area contributed by atoms with Crippen LogP contribution < -0.4 is 14.8 Å². The molecule has 0 saturated heterocycles. The van der Waals surface area contributed by atoms with Crippen LogP contribution in [0.2, 0.25) is 0 Å². The Hall–Kier alpha value is -3.77. The Morgan fingerprint density at radius 1 is 1.10 bits per heavy atom. The van der Waals surface area contributed by atoms with Crippen molar-refractivity contribution in [3.63, 3.8) is 0 Å². The number of carbonyl (C=O) groups is 1. The fourth-order valence-corrected chi connectivity index (χ4v) is 5.63. The summed E-state index contributed by atoms with van der Waals surface area (Å²) < 4.78 is 54.8. The van der Waals surface area contributed by atoms with Gasteiger partial charge in [-0.2, -0.15) is 0 Å². The van der Waals surface area contributed by atoms with Crippen molar-refractivity contribution in [1.82, 2.24) is 9.88 Å². The molecule has 2 N–H and O–H groups in total. The van der Waals surface area contributed by atoms with Gasteiger partial charge in [0.1, 0.15) is 11.4 Å². The Bertz CT molecular complexity index is 1580. The smallest absolute Gasteiger partial charge is 0.406 e. The van der Waals surface area contributed by atoms with Crippen LogP contribution in [0.4, 0.5) is 23.7 Å². The number of rotatable bonds is 6. The van der Waals surface area contributed by atoms with Crippen LogP contribution in [0.25, 0.3) is 22.6 Å². The molecular weight excluding hydrogens is 609 g/mol. The van der Waals surface area contributed by atoms with Gasteiger partial charge in [0.25, 0.3) is 0 Å². The Morgan fingerprint density at radius 2 is 1.82 bits per heavy atom. The number of nitrogens with zero attached hydrogens (tertiary/aromatic N) is 2. The van der Waals surface area contributed by atoms with E-state index in [9.17, 15) is 18.0 Å². The third-order valence-electron chi connectivity index (χ3n) is 6.30. The van der Waals surface area contributed by atoms with E-state index in [0.717, 1.165) is 62.1 Å². The predicted octanol–water partition coefficient (Wildman–Crippen LogP) is 8.19. The Balaban J connectivity index is 1.22. The van der Waals surface area contributed by atoms with Crippen molar-refractivity contribution in [2.24, 2.45) is 4.40 Å². The largest absolute Gasteiger partial charge is 0.573 e. The molecule has 40 heavy (non-hydrogen) atoms. The molecule has 0 atom stereocenters. The summed E-state index contributed by atoms with van der Waals surface area (Å²) >= 11 is 4.37. The standard InChI is InChI=1S/C28H22BrF3N4O3S/c1-15-11-20(29)12-16(2)24(15)34-27(37)36-40-33-14-17-3-9-22-19(13-17)6-10-23-25(22)35-39-26(23)18-4-7-21(8-5-18)38-28(30,31)32/h3-5,7-9,11-14H,6,10H2,1-2H3,(H2,34,36,37)/b33-14+. The minimum atomic E-state index is -4.75. The van der Waals surface area contributed by atoms with Crippen molar-refractivity contribution >= 4 is 46.0 Å². The number of hydrogen-bond acceptors (Lipinski definition) is 6. The molecule has 12 heteroatoms. The van der Waals surface area contributed by atoms with Crippen LogP contribution in [0, 0.1) is 13.8 Å². The molecule has 1 aromatic heterocycles. The number of aryl methyl sites for hydroxylation is 3. The summed E-state index contributed by atoms with van der Waals surface area (Å²) in [7, 11) is 0. The van der Waals surface area contributed by atoms with Gasteiger partial charge in [-0.1, -0.05) is 33.2 Å². The first-order valence-electron chi connectivity index (χ1n) is 12.1. The minimum absolute atomic E-state index is 0.298. The van der Waals surface area contributed by atoms with E-state index < -0.39 is 6.36 Å². The summed E-state index contributed by atoms with van der Waals surface area (Å²) in [6, 6.07) is 14.9. The number of urea groups is 1. The number of fused-ring (bicyclic) bond motifs is 3. The first-order chi connectivity index (χ1) is 19.1. The third kappa shape index (κ3) is 6.34. The monoisotopic (exact) mass is 630 g/mol. The van der Waals surface area contributed by atoms with Gasteiger partial charge in [-0.15, -0.1) is 13.2 Å². The van der Waals surface area contributed by atoms with Gasteiger partial charge in [0, 0.05) is 33.1 Å². The number of amides is 2. The summed E-state index contributed by atoms with van der Waals surface area (Å²) in [4.78, 5) is 12.3. The van der Waals surface area contributed by atoms with Gasteiger partial charge >= 0.3 is 12.4 Å². The van der Waals surface area contributed by atoms with E-state index in [1.165, 1.54) is 24.3 Å². The molecule has 4 aromatic rings. The van der Waals surface area contributed by atoms with E-state index in [0.29, 0.717) is 23.4 Å². The fraction of sp³-hybridized carbons (Fsp3) is 0.179. The lowest BCUT2D eigenvalue weighted by molar-refractivity contribution is -0.274. The maximum absolute atomic E-state index is 12.5. The molecular formula is C28H22BrF3N4O3S. The van der Waals surface area contributed by atoms with E-state index in [-0.39, 0.29) is 11.8 Å². The Labute approximate surface area is 240 Å². The molecule has 7 nitrogen and oxygen atoms in total. The molecule has 0 saturated carbocycles. The molecule has 2 amide bonds. The highest BCUT2D eigenvalue weighted by Crippen LogP contribution is 2.39. The van der Waals surface area contributed by atoms with Gasteiger partial charge in [0.15, 0.2) is 5.76 Å². The van der Waals surface area contributed by atoms with E-state index >= 15 is 0 Å². The number of halogens is 4. The average molecular weight is 631 g/mol. The molecule has 206 valence electrons. The summed E-state index contributed by atoms with van der Waals surface area (Å²) in [6.07, 6.45) is -1.69. The summed E-state index contributed by atoms with van der Waals surface area (Å²) in [6.45, 7) is 3.85. The number of nitrogens with one attached hydrogen (secondary N) is 2. The van der Waals surface area contributed by atoms with Gasteiger partial charge < -0.3 is 14.6 Å². The number of alkyl halides is 3. The predicted molar refractivity (Wildman–Crippen MR) is 152 cm³/mol. The molecule has 0 unspecified atom stereocenters. The molecule has 0 spiro atoms.